The summed E-state index contributed by atoms with van der Waals surface area (Å²) in [7, 11) is 0. The summed E-state index contributed by atoms with van der Waals surface area (Å²) in [6, 6.07) is 20.2. The molecule has 0 saturated heterocycles. The number of thiocarbonyl (C=S) groups is 1. The summed E-state index contributed by atoms with van der Waals surface area (Å²) in [6.45, 7) is 0.480. The number of carbonyl (C=O) groups is 1. The number of benzene rings is 2. The summed E-state index contributed by atoms with van der Waals surface area (Å²) in [4.78, 5) is 12.7. The molecule has 0 aliphatic heterocycles. The van der Waals surface area contributed by atoms with E-state index in [1.807, 2.05) is 48.5 Å². The first-order valence-electron chi connectivity index (χ1n) is 7.50. The molecule has 1 aromatic heterocycles. The van der Waals surface area contributed by atoms with Gasteiger partial charge in [-0.05, 0) is 36.5 Å². The molecule has 0 unspecified atom stereocenters. The molecule has 3 aromatic rings. The number of hydrogen-bond donors (Lipinski definition) is 2. The smallest absolute Gasteiger partial charge is 0.195 e. The zero-order valence-electron chi connectivity index (χ0n) is 12.9. The number of anilines is 1. The first kappa shape index (κ1) is 16.0. The molecule has 0 radical (unpaired) electrons. The Kier molecular flexibility index (Phi) is 5.03. The van der Waals surface area contributed by atoms with Crippen molar-refractivity contribution in [1.82, 2.24) is 5.32 Å². The highest BCUT2D eigenvalue weighted by atomic mass is 32.1. The molecule has 5 heteroatoms. The minimum atomic E-state index is -0.0486. The van der Waals surface area contributed by atoms with Gasteiger partial charge in [0.2, 0.25) is 0 Å². The zero-order chi connectivity index (χ0) is 16.8. The van der Waals surface area contributed by atoms with Crippen LogP contribution in [0.25, 0.3) is 0 Å². The fourth-order valence-corrected chi connectivity index (χ4v) is 2.46. The SMILES string of the molecule is O=C(c1ccccc1)c1ccccc1NC(=S)NCc1ccco1. The molecular weight excluding hydrogens is 320 g/mol. The lowest BCUT2D eigenvalue weighted by atomic mass is 10.0. The molecular formula is C19H16N2O2S. The normalized spacial score (nSPS) is 10.2. The summed E-state index contributed by atoms with van der Waals surface area (Å²) in [5.41, 5.74) is 1.88. The molecule has 0 atom stereocenters. The van der Waals surface area contributed by atoms with Crippen LogP contribution in [0, 0.1) is 0 Å². The number of rotatable bonds is 5. The molecule has 120 valence electrons. The van der Waals surface area contributed by atoms with Crippen LogP contribution in [0.5, 0.6) is 0 Å². The van der Waals surface area contributed by atoms with Crippen LogP contribution in [0.15, 0.2) is 77.4 Å². The van der Waals surface area contributed by atoms with Crippen LogP contribution in [-0.4, -0.2) is 10.9 Å². The van der Waals surface area contributed by atoms with Crippen LogP contribution in [-0.2, 0) is 6.54 Å². The van der Waals surface area contributed by atoms with Gasteiger partial charge in [-0.1, -0.05) is 42.5 Å². The van der Waals surface area contributed by atoms with Gasteiger partial charge >= 0.3 is 0 Å². The first-order chi connectivity index (χ1) is 11.7. The second kappa shape index (κ2) is 7.57. The van der Waals surface area contributed by atoms with Crippen molar-refractivity contribution in [1.29, 1.82) is 0 Å². The number of hydrogen-bond acceptors (Lipinski definition) is 3. The Bertz CT molecular complexity index is 830. The summed E-state index contributed by atoms with van der Waals surface area (Å²) in [5, 5.41) is 6.57. The zero-order valence-corrected chi connectivity index (χ0v) is 13.7. The van der Waals surface area contributed by atoms with E-state index in [2.05, 4.69) is 10.6 Å². The van der Waals surface area contributed by atoms with Gasteiger partial charge < -0.3 is 15.1 Å². The lowest BCUT2D eigenvalue weighted by molar-refractivity contribution is 0.103. The molecule has 1 heterocycles. The maximum atomic E-state index is 12.7. The summed E-state index contributed by atoms with van der Waals surface area (Å²) < 4.78 is 5.25. The van der Waals surface area contributed by atoms with E-state index in [9.17, 15) is 4.79 Å². The number of nitrogens with one attached hydrogen (secondary N) is 2. The van der Waals surface area contributed by atoms with Gasteiger partial charge in [-0.2, -0.15) is 0 Å². The van der Waals surface area contributed by atoms with Crippen LogP contribution < -0.4 is 10.6 Å². The Morgan fingerprint density at radius 1 is 0.958 bits per heavy atom. The molecule has 2 N–H and O–H groups in total. The lowest BCUT2D eigenvalue weighted by Gasteiger charge is -2.13. The third-order valence-electron chi connectivity index (χ3n) is 3.46. The number of ketones is 1. The average Bonchev–Trinajstić information content (AvgIpc) is 3.14. The molecule has 0 saturated carbocycles. The molecule has 0 fully saturated rings. The number of furan rings is 1. The first-order valence-corrected chi connectivity index (χ1v) is 7.91. The largest absolute Gasteiger partial charge is 0.467 e. The van der Waals surface area contributed by atoms with E-state index < -0.39 is 0 Å². The second-order valence-electron chi connectivity index (χ2n) is 5.13. The van der Waals surface area contributed by atoms with Crippen molar-refractivity contribution in [2.24, 2.45) is 0 Å². The van der Waals surface area contributed by atoms with Gasteiger partial charge in [0, 0.05) is 11.1 Å². The van der Waals surface area contributed by atoms with Crippen LogP contribution in [0.4, 0.5) is 5.69 Å². The molecule has 0 bridgehead atoms. The van der Waals surface area contributed by atoms with E-state index in [1.54, 1.807) is 24.5 Å². The minimum Gasteiger partial charge on any atom is -0.467 e. The Morgan fingerprint density at radius 2 is 1.71 bits per heavy atom. The Labute approximate surface area is 145 Å². The van der Waals surface area contributed by atoms with Gasteiger partial charge in [-0.25, -0.2) is 0 Å². The van der Waals surface area contributed by atoms with Crippen molar-refractivity contribution in [3.63, 3.8) is 0 Å². The maximum absolute atomic E-state index is 12.7. The second-order valence-corrected chi connectivity index (χ2v) is 5.54. The van der Waals surface area contributed by atoms with E-state index >= 15 is 0 Å². The van der Waals surface area contributed by atoms with Crippen molar-refractivity contribution in [2.45, 2.75) is 6.54 Å². The van der Waals surface area contributed by atoms with E-state index in [4.69, 9.17) is 16.6 Å². The van der Waals surface area contributed by atoms with Crippen LogP contribution in [0.3, 0.4) is 0 Å². The Balaban J connectivity index is 1.72. The Hall–Kier alpha value is -2.92. The van der Waals surface area contributed by atoms with Crippen molar-refractivity contribution in [2.75, 3.05) is 5.32 Å². The van der Waals surface area contributed by atoms with Crippen LogP contribution in [0.1, 0.15) is 21.7 Å². The molecule has 0 aliphatic rings. The predicted octanol–water partition coefficient (Wildman–Crippen LogP) is 4.00. The number of carbonyl (C=O) groups excluding carboxylic acids is 1. The summed E-state index contributed by atoms with van der Waals surface area (Å²) in [6.07, 6.45) is 1.61. The van der Waals surface area contributed by atoms with Gasteiger partial charge in [-0.3, -0.25) is 4.79 Å². The molecule has 3 rings (SSSR count). The lowest BCUT2D eigenvalue weighted by Crippen LogP contribution is -2.28. The van der Waals surface area contributed by atoms with Crippen molar-refractivity contribution in [3.05, 3.63) is 89.9 Å². The molecule has 24 heavy (non-hydrogen) atoms. The topological polar surface area (TPSA) is 54.3 Å². The third kappa shape index (κ3) is 3.88. The standard InChI is InChI=1S/C19H16N2O2S/c22-18(14-7-2-1-3-8-14)16-10-4-5-11-17(16)21-19(24)20-13-15-9-6-12-23-15/h1-12H,13H2,(H2,20,21,24). The predicted molar refractivity (Wildman–Crippen MR) is 98.1 cm³/mol. The van der Waals surface area contributed by atoms with E-state index in [0.717, 1.165) is 5.76 Å². The van der Waals surface area contributed by atoms with Gasteiger partial charge in [0.1, 0.15) is 5.76 Å². The maximum Gasteiger partial charge on any atom is 0.195 e. The fraction of sp³-hybridized carbons (Fsp3) is 0.0526. The summed E-state index contributed by atoms with van der Waals surface area (Å²) >= 11 is 5.30. The fourth-order valence-electron chi connectivity index (χ4n) is 2.28. The van der Waals surface area contributed by atoms with Gasteiger partial charge in [-0.15, -0.1) is 0 Å². The van der Waals surface area contributed by atoms with Crippen molar-refractivity contribution in [3.8, 4) is 0 Å². The molecule has 0 aliphatic carbocycles. The monoisotopic (exact) mass is 336 g/mol. The molecule has 0 spiro atoms. The van der Waals surface area contributed by atoms with Crippen LogP contribution in [0.2, 0.25) is 0 Å². The average molecular weight is 336 g/mol. The minimum absolute atomic E-state index is 0.0486. The molecule has 4 nitrogen and oxygen atoms in total. The van der Waals surface area contributed by atoms with E-state index in [1.165, 1.54) is 0 Å². The highest BCUT2D eigenvalue weighted by Crippen LogP contribution is 2.19. The van der Waals surface area contributed by atoms with E-state index in [-0.39, 0.29) is 5.78 Å². The summed E-state index contributed by atoms with van der Waals surface area (Å²) in [5.74, 6) is 0.736. The highest BCUT2D eigenvalue weighted by molar-refractivity contribution is 7.80. The molecule has 2 aromatic carbocycles. The third-order valence-corrected chi connectivity index (χ3v) is 3.71. The van der Waals surface area contributed by atoms with E-state index in [0.29, 0.717) is 28.5 Å². The van der Waals surface area contributed by atoms with Gasteiger partial charge in [0.05, 0.1) is 18.5 Å². The van der Waals surface area contributed by atoms with Crippen LogP contribution >= 0.6 is 12.2 Å². The number of para-hydroxylation sites is 1. The highest BCUT2D eigenvalue weighted by Gasteiger charge is 2.13. The van der Waals surface area contributed by atoms with Crippen molar-refractivity contribution >= 4 is 28.8 Å². The quantitative estimate of drug-likeness (QED) is 0.545. The molecule has 0 amide bonds. The van der Waals surface area contributed by atoms with Gasteiger partial charge in [0.15, 0.2) is 10.9 Å². The Morgan fingerprint density at radius 3 is 2.46 bits per heavy atom. The van der Waals surface area contributed by atoms with Crippen molar-refractivity contribution < 1.29 is 9.21 Å². The van der Waals surface area contributed by atoms with Gasteiger partial charge in [0.25, 0.3) is 0 Å².